The molecule has 2 aromatic rings. The SMILES string of the molecule is Cc1ccc(Cl)cc1NC(=O)[C@@H](C)Oc1ccc([N+](=O)[O-])c(C)c1. The number of nitrogens with one attached hydrogen (secondary N) is 1. The summed E-state index contributed by atoms with van der Waals surface area (Å²) in [5.41, 5.74) is 1.97. The van der Waals surface area contributed by atoms with Crippen LogP contribution in [0.4, 0.5) is 11.4 Å². The number of ether oxygens (including phenoxy) is 1. The zero-order chi connectivity index (χ0) is 17.9. The largest absolute Gasteiger partial charge is 0.481 e. The normalized spacial score (nSPS) is 11.7. The summed E-state index contributed by atoms with van der Waals surface area (Å²) in [5.74, 6) is 0.0555. The second-order valence-electron chi connectivity index (χ2n) is 5.41. The van der Waals surface area contributed by atoms with Crippen LogP contribution in [0.3, 0.4) is 0 Å². The van der Waals surface area contributed by atoms with Gasteiger partial charge in [-0.05, 0) is 50.6 Å². The van der Waals surface area contributed by atoms with Gasteiger partial charge < -0.3 is 10.1 Å². The van der Waals surface area contributed by atoms with Crippen LogP contribution in [0.2, 0.25) is 5.02 Å². The van der Waals surface area contributed by atoms with Crippen molar-refractivity contribution in [2.45, 2.75) is 26.9 Å². The third kappa shape index (κ3) is 4.23. The maximum Gasteiger partial charge on any atom is 0.272 e. The topological polar surface area (TPSA) is 81.5 Å². The molecule has 0 spiro atoms. The van der Waals surface area contributed by atoms with Crippen molar-refractivity contribution >= 4 is 28.9 Å². The molecule has 2 rings (SSSR count). The number of rotatable bonds is 5. The Balaban J connectivity index is 2.07. The lowest BCUT2D eigenvalue weighted by Gasteiger charge is -2.16. The molecule has 0 heterocycles. The molecule has 0 saturated carbocycles. The first-order chi connectivity index (χ1) is 11.3. The Morgan fingerprint density at radius 1 is 1.21 bits per heavy atom. The summed E-state index contributed by atoms with van der Waals surface area (Å²) in [6, 6.07) is 9.58. The molecule has 0 aliphatic rings. The van der Waals surface area contributed by atoms with E-state index in [1.54, 1.807) is 26.0 Å². The third-order valence-electron chi connectivity index (χ3n) is 3.50. The van der Waals surface area contributed by atoms with Crippen molar-refractivity contribution < 1.29 is 14.5 Å². The van der Waals surface area contributed by atoms with Crippen LogP contribution in [0.5, 0.6) is 5.75 Å². The van der Waals surface area contributed by atoms with Crippen LogP contribution in [0.25, 0.3) is 0 Å². The summed E-state index contributed by atoms with van der Waals surface area (Å²) in [5, 5.41) is 14.1. The van der Waals surface area contributed by atoms with Gasteiger partial charge in [0.15, 0.2) is 6.10 Å². The van der Waals surface area contributed by atoms with E-state index >= 15 is 0 Å². The third-order valence-corrected chi connectivity index (χ3v) is 3.74. The first-order valence-corrected chi connectivity index (χ1v) is 7.64. The van der Waals surface area contributed by atoms with E-state index in [2.05, 4.69) is 5.32 Å². The molecule has 0 radical (unpaired) electrons. The minimum atomic E-state index is -0.774. The molecule has 7 heteroatoms. The summed E-state index contributed by atoms with van der Waals surface area (Å²) in [6.07, 6.45) is -0.774. The molecule has 1 N–H and O–H groups in total. The summed E-state index contributed by atoms with van der Waals surface area (Å²) in [4.78, 5) is 22.6. The molecule has 6 nitrogen and oxygen atoms in total. The predicted octanol–water partition coefficient (Wildman–Crippen LogP) is 4.27. The number of carbonyl (C=O) groups excluding carboxylic acids is 1. The van der Waals surface area contributed by atoms with Crippen LogP contribution in [0.1, 0.15) is 18.1 Å². The summed E-state index contributed by atoms with van der Waals surface area (Å²) >= 11 is 5.93. The van der Waals surface area contributed by atoms with E-state index in [1.807, 2.05) is 13.0 Å². The van der Waals surface area contributed by atoms with Crippen molar-refractivity contribution in [3.63, 3.8) is 0 Å². The van der Waals surface area contributed by atoms with Gasteiger partial charge in [0, 0.05) is 22.3 Å². The van der Waals surface area contributed by atoms with E-state index in [0.717, 1.165) is 5.56 Å². The van der Waals surface area contributed by atoms with Crippen LogP contribution in [0, 0.1) is 24.0 Å². The molecule has 0 aliphatic heterocycles. The summed E-state index contributed by atoms with van der Waals surface area (Å²) in [6.45, 7) is 5.08. The van der Waals surface area contributed by atoms with Gasteiger partial charge in [0.1, 0.15) is 5.75 Å². The number of benzene rings is 2. The van der Waals surface area contributed by atoms with E-state index in [9.17, 15) is 14.9 Å². The van der Waals surface area contributed by atoms with Gasteiger partial charge in [-0.25, -0.2) is 0 Å². The first kappa shape index (κ1) is 17.7. The van der Waals surface area contributed by atoms with E-state index in [1.165, 1.54) is 18.2 Å². The highest BCUT2D eigenvalue weighted by molar-refractivity contribution is 6.31. The van der Waals surface area contributed by atoms with Crippen LogP contribution < -0.4 is 10.1 Å². The molecule has 0 bridgehead atoms. The van der Waals surface area contributed by atoms with Crippen LogP contribution in [-0.2, 0) is 4.79 Å². The quantitative estimate of drug-likeness (QED) is 0.646. The number of halogens is 1. The van der Waals surface area contributed by atoms with E-state index in [0.29, 0.717) is 22.0 Å². The second-order valence-corrected chi connectivity index (χ2v) is 5.85. The van der Waals surface area contributed by atoms with Crippen molar-refractivity contribution in [3.8, 4) is 5.75 Å². The lowest BCUT2D eigenvalue weighted by atomic mass is 10.2. The fourth-order valence-corrected chi connectivity index (χ4v) is 2.30. The molecule has 1 atom stereocenters. The number of hydrogen-bond donors (Lipinski definition) is 1. The first-order valence-electron chi connectivity index (χ1n) is 7.26. The average molecular weight is 349 g/mol. The van der Waals surface area contributed by atoms with E-state index < -0.39 is 11.0 Å². The minimum absolute atomic E-state index is 0.00834. The lowest BCUT2D eigenvalue weighted by Crippen LogP contribution is -2.30. The Morgan fingerprint density at radius 2 is 1.92 bits per heavy atom. The highest BCUT2D eigenvalue weighted by Crippen LogP contribution is 2.24. The Labute approximate surface area is 144 Å². The van der Waals surface area contributed by atoms with Crippen LogP contribution in [0.15, 0.2) is 36.4 Å². The number of nitro groups is 1. The fraction of sp³-hybridized carbons (Fsp3) is 0.235. The van der Waals surface area contributed by atoms with Gasteiger partial charge in [0.05, 0.1) is 4.92 Å². The molecule has 0 aromatic heterocycles. The van der Waals surface area contributed by atoms with Gasteiger partial charge in [-0.2, -0.15) is 0 Å². The molecule has 1 amide bonds. The molecule has 2 aromatic carbocycles. The lowest BCUT2D eigenvalue weighted by molar-refractivity contribution is -0.385. The maximum atomic E-state index is 12.3. The number of nitrogens with zero attached hydrogens (tertiary/aromatic N) is 1. The number of anilines is 1. The van der Waals surface area contributed by atoms with Gasteiger partial charge in [0.2, 0.25) is 0 Å². The molecular formula is C17H17ClN2O4. The monoisotopic (exact) mass is 348 g/mol. The highest BCUT2D eigenvalue weighted by Gasteiger charge is 2.17. The van der Waals surface area contributed by atoms with Gasteiger partial charge in [0.25, 0.3) is 11.6 Å². The predicted molar refractivity (Wildman–Crippen MR) is 92.7 cm³/mol. The Hall–Kier alpha value is -2.60. The number of hydrogen-bond acceptors (Lipinski definition) is 4. The molecule has 0 unspecified atom stereocenters. The second kappa shape index (κ2) is 7.31. The van der Waals surface area contributed by atoms with Gasteiger partial charge in [-0.3, -0.25) is 14.9 Å². The van der Waals surface area contributed by atoms with Crippen molar-refractivity contribution in [2.75, 3.05) is 5.32 Å². The highest BCUT2D eigenvalue weighted by atomic mass is 35.5. The van der Waals surface area contributed by atoms with Gasteiger partial charge in [-0.15, -0.1) is 0 Å². The molecule has 0 aliphatic carbocycles. The van der Waals surface area contributed by atoms with Crippen molar-refractivity contribution in [2.24, 2.45) is 0 Å². The standard InChI is InChI=1S/C17H17ClN2O4/c1-10-4-5-13(18)9-15(10)19-17(21)12(3)24-14-6-7-16(20(22)23)11(2)8-14/h4-9,12H,1-3H3,(H,19,21)/t12-/m1/s1. The van der Waals surface area contributed by atoms with E-state index in [-0.39, 0.29) is 11.6 Å². The Morgan fingerprint density at radius 3 is 2.54 bits per heavy atom. The smallest absolute Gasteiger partial charge is 0.272 e. The number of carbonyl (C=O) groups is 1. The zero-order valence-electron chi connectivity index (χ0n) is 13.5. The average Bonchev–Trinajstić information content (AvgIpc) is 2.50. The van der Waals surface area contributed by atoms with Crippen molar-refractivity contribution in [3.05, 3.63) is 62.7 Å². The van der Waals surface area contributed by atoms with Gasteiger partial charge in [-0.1, -0.05) is 17.7 Å². The molecule has 0 fully saturated rings. The number of nitro benzene ring substituents is 1. The van der Waals surface area contributed by atoms with E-state index in [4.69, 9.17) is 16.3 Å². The maximum absolute atomic E-state index is 12.3. The molecule has 0 saturated heterocycles. The van der Waals surface area contributed by atoms with Crippen molar-refractivity contribution in [1.29, 1.82) is 0 Å². The van der Waals surface area contributed by atoms with Gasteiger partial charge >= 0.3 is 0 Å². The van der Waals surface area contributed by atoms with Crippen molar-refractivity contribution in [1.82, 2.24) is 0 Å². The Bertz CT molecular complexity index is 792. The zero-order valence-corrected chi connectivity index (χ0v) is 14.3. The molecule has 24 heavy (non-hydrogen) atoms. The summed E-state index contributed by atoms with van der Waals surface area (Å²) < 4.78 is 5.57. The van der Waals surface area contributed by atoms with Crippen LogP contribution >= 0.6 is 11.6 Å². The number of amides is 1. The van der Waals surface area contributed by atoms with Crippen LogP contribution in [-0.4, -0.2) is 16.9 Å². The molecule has 126 valence electrons. The Kier molecular flexibility index (Phi) is 5.41. The summed E-state index contributed by atoms with van der Waals surface area (Å²) in [7, 11) is 0. The molecular weight excluding hydrogens is 332 g/mol. The fourth-order valence-electron chi connectivity index (χ4n) is 2.13. The number of aryl methyl sites for hydroxylation is 2. The minimum Gasteiger partial charge on any atom is -0.481 e.